The number of carbonyl (C=O) groups is 1. The molecule has 1 heterocycles. The zero-order valence-electron chi connectivity index (χ0n) is 12.6. The lowest BCUT2D eigenvalue weighted by Crippen LogP contribution is -2.47. The molecule has 0 spiro atoms. The van der Waals surface area contributed by atoms with Gasteiger partial charge in [0.1, 0.15) is 0 Å². The molecular weight excluding hydrogens is 352 g/mol. The van der Waals surface area contributed by atoms with Crippen molar-refractivity contribution in [3.63, 3.8) is 0 Å². The van der Waals surface area contributed by atoms with Crippen molar-refractivity contribution in [2.24, 2.45) is 0 Å². The first-order chi connectivity index (χ1) is 9.99. The second kappa shape index (κ2) is 7.61. The third-order valence-corrected chi connectivity index (χ3v) is 5.29. The molecule has 0 N–H and O–H groups in total. The van der Waals surface area contributed by atoms with Crippen LogP contribution in [0.5, 0.6) is 0 Å². The van der Waals surface area contributed by atoms with E-state index in [2.05, 4.69) is 27.9 Å². The molecule has 1 saturated heterocycles. The number of benzene rings is 1. The second-order valence-corrected chi connectivity index (χ2v) is 7.26. The molecule has 21 heavy (non-hydrogen) atoms. The number of rotatable bonds is 4. The molecule has 0 saturated carbocycles. The number of halogens is 2. The molecule has 1 amide bonds. The topological polar surface area (TPSA) is 23.6 Å². The minimum Gasteiger partial charge on any atom is -0.342 e. The molecule has 116 valence electrons. The Morgan fingerprint density at radius 3 is 2.67 bits per heavy atom. The van der Waals surface area contributed by atoms with Gasteiger partial charge in [0.25, 0.3) is 0 Å². The van der Waals surface area contributed by atoms with Gasteiger partial charge in [-0.25, -0.2) is 0 Å². The molecule has 1 atom stereocenters. The molecule has 0 aliphatic carbocycles. The zero-order valence-corrected chi connectivity index (χ0v) is 14.9. The van der Waals surface area contributed by atoms with E-state index < -0.39 is 0 Å². The van der Waals surface area contributed by atoms with E-state index in [0.717, 1.165) is 36.5 Å². The molecule has 0 aromatic heterocycles. The molecule has 1 aliphatic rings. The van der Waals surface area contributed by atoms with Gasteiger partial charge in [-0.15, -0.1) is 0 Å². The van der Waals surface area contributed by atoms with Crippen LogP contribution >= 0.6 is 27.5 Å². The van der Waals surface area contributed by atoms with Crippen LogP contribution in [-0.2, 0) is 11.2 Å². The van der Waals surface area contributed by atoms with Gasteiger partial charge in [-0.05, 0) is 51.0 Å². The number of hydrogen-bond donors (Lipinski definition) is 0. The minimum absolute atomic E-state index is 0.143. The summed E-state index contributed by atoms with van der Waals surface area (Å²) in [6.07, 6.45) is 2.71. The van der Waals surface area contributed by atoms with E-state index in [-0.39, 0.29) is 10.7 Å². The standard InChI is InChI=1S/C16H22BrClN2O/c1-19-9-7-13(8-10-19)20(2)16(21)14(17)11-12-5-3-4-6-15(12)18/h3-6,13-14H,7-11H2,1-2H3. The maximum atomic E-state index is 12.6. The fourth-order valence-corrected chi connectivity index (χ4v) is 3.61. The Morgan fingerprint density at radius 1 is 1.43 bits per heavy atom. The summed E-state index contributed by atoms with van der Waals surface area (Å²) in [4.78, 5) is 16.6. The van der Waals surface area contributed by atoms with Crippen LogP contribution < -0.4 is 0 Å². The Balaban J connectivity index is 1.94. The average molecular weight is 374 g/mol. The number of likely N-dealkylation sites (tertiary alicyclic amines) is 1. The molecule has 1 fully saturated rings. The van der Waals surface area contributed by atoms with E-state index in [1.165, 1.54) is 0 Å². The Bertz CT molecular complexity index is 489. The Labute approximate surface area is 140 Å². The van der Waals surface area contributed by atoms with Crippen molar-refractivity contribution >= 4 is 33.4 Å². The van der Waals surface area contributed by atoms with Crippen LogP contribution in [0, 0.1) is 0 Å². The summed E-state index contributed by atoms with van der Waals surface area (Å²) in [5, 5.41) is 0.719. The summed E-state index contributed by atoms with van der Waals surface area (Å²) in [6.45, 7) is 2.11. The molecule has 1 aromatic carbocycles. The summed E-state index contributed by atoms with van der Waals surface area (Å²) in [7, 11) is 4.04. The number of hydrogen-bond acceptors (Lipinski definition) is 2. The van der Waals surface area contributed by atoms with Crippen molar-refractivity contribution in [1.82, 2.24) is 9.80 Å². The first-order valence-corrected chi connectivity index (χ1v) is 8.61. The molecule has 3 nitrogen and oxygen atoms in total. The third kappa shape index (κ3) is 4.44. The summed E-state index contributed by atoms with van der Waals surface area (Å²) < 4.78 is 0. The van der Waals surface area contributed by atoms with E-state index in [1.54, 1.807) is 0 Å². The fraction of sp³-hybridized carbons (Fsp3) is 0.562. The summed E-state index contributed by atoms with van der Waals surface area (Å²) in [5.41, 5.74) is 1.01. The van der Waals surface area contributed by atoms with Gasteiger partial charge >= 0.3 is 0 Å². The fourth-order valence-electron chi connectivity index (χ4n) is 2.73. The van der Waals surface area contributed by atoms with Gasteiger partial charge in [-0.2, -0.15) is 0 Å². The predicted molar refractivity (Wildman–Crippen MR) is 91.2 cm³/mol. The van der Waals surface area contributed by atoms with Crippen molar-refractivity contribution in [3.8, 4) is 0 Å². The van der Waals surface area contributed by atoms with Crippen LogP contribution in [0.3, 0.4) is 0 Å². The van der Waals surface area contributed by atoms with E-state index in [0.29, 0.717) is 12.5 Å². The maximum absolute atomic E-state index is 12.6. The van der Waals surface area contributed by atoms with Gasteiger partial charge in [0.2, 0.25) is 5.91 Å². The highest BCUT2D eigenvalue weighted by molar-refractivity contribution is 9.10. The van der Waals surface area contributed by atoms with Crippen LogP contribution in [0.25, 0.3) is 0 Å². The van der Waals surface area contributed by atoms with Crippen LogP contribution in [0.1, 0.15) is 18.4 Å². The van der Waals surface area contributed by atoms with Crippen LogP contribution in [-0.4, -0.2) is 53.8 Å². The van der Waals surface area contributed by atoms with Crippen LogP contribution in [0.2, 0.25) is 5.02 Å². The average Bonchev–Trinajstić information content (AvgIpc) is 2.49. The summed E-state index contributed by atoms with van der Waals surface area (Å²) in [5.74, 6) is 0.143. The minimum atomic E-state index is -0.220. The monoisotopic (exact) mass is 372 g/mol. The van der Waals surface area contributed by atoms with Gasteiger partial charge in [0.05, 0.1) is 4.83 Å². The molecule has 0 radical (unpaired) electrons. The van der Waals surface area contributed by atoms with E-state index in [9.17, 15) is 4.79 Å². The molecule has 5 heteroatoms. The Morgan fingerprint density at radius 2 is 2.05 bits per heavy atom. The molecule has 1 aromatic rings. The van der Waals surface area contributed by atoms with Gasteiger partial charge in [0, 0.05) is 18.1 Å². The Kier molecular flexibility index (Phi) is 6.08. The number of piperidine rings is 1. The van der Waals surface area contributed by atoms with Crippen LogP contribution in [0.15, 0.2) is 24.3 Å². The lowest BCUT2D eigenvalue weighted by atomic mass is 10.0. The van der Waals surface area contributed by atoms with E-state index in [1.807, 2.05) is 36.2 Å². The maximum Gasteiger partial charge on any atom is 0.236 e. The molecule has 1 aliphatic heterocycles. The predicted octanol–water partition coefficient (Wildman–Crippen LogP) is 3.20. The van der Waals surface area contributed by atoms with Gasteiger partial charge in [-0.1, -0.05) is 45.7 Å². The quantitative estimate of drug-likeness (QED) is 0.757. The molecule has 2 rings (SSSR count). The van der Waals surface area contributed by atoms with Crippen molar-refractivity contribution in [2.45, 2.75) is 30.1 Å². The lowest BCUT2D eigenvalue weighted by molar-refractivity contribution is -0.132. The Hall–Kier alpha value is -0.580. The van der Waals surface area contributed by atoms with Gasteiger partial charge < -0.3 is 9.80 Å². The van der Waals surface area contributed by atoms with Crippen molar-refractivity contribution in [1.29, 1.82) is 0 Å². The SMILES string of the molecule is CN1CCC(N(C)C(=O)C(Br)Cc2ccccc2Cl)CC1. The molecular formula is C16H22BrClN2O. The first-order valence-electron chi connectivity index (χ1n) is 7.31. The highest BCUT2D eigenvalue weighted by Gasteiger charge is 2.27. The zero-order chi connectivity index (χ0) is 15.4. The number of carbonyl (C=O) groups excluding carboxylic acids is 1. The molecule has 0 bridgehead atoms. The smallest absolute Gasteiger partial charge is 0.236 e. The normalized spacial score (nSPS) is 18.5. The number of nitrogens with zero attached hydrogens (tertiary/aromatic N) is 2. The third-order valence-electron chi connectivity index (χ3n) is 4.21. The van der Waals surface area contributed by atoms with E-state index in [4.69, 9.17) is 11.6 Å². The lowest BCUT2D eigenvalue weighted by Gasteiger charge is -2.36. The van der Waals surface area contributed by atoms with Crippen LogP contribution in [0.4, 0.5) is 0 Å². The van der Waals surface area contributed by atoms with Gasteiger partial charge in [-0.3, -0.25) is 4.79 Å². The van der Waals surface area contributed by atoms with Crippen molar-refractivity contribution in [2.75, 3.05) is 27.2 Å². The van der Waals surface area contributed by atoms with Crippen molar-refractivity contribution < 1.29 is 4.79 Å². The largest absolute Gasteiger partial charge is 0.342 e. The molecule has 1 unspecified atom stereocenters. The summed E-state index contributed by atoms with van der Waals surface area (Å²) >= 11 is 9.70. The number of alkyl halides is 1. The highest BCUT2D eigenvalue weighted by Crippen LogP contribution is 2.22. The second-order valence-electron chi connectivity index (χ2n) is 5.75. The van der Waals surface area contributed by atoms with Gasteiger partial charge in [0.15, 0.2) is 0 Å². The van der Waals surface area contributed by atoms with E-state index >= 15 is 0 Å². The summed E-state index contributed by atoms with van der Waals surface area (Å²) in [6, 6.07) is 8.04. The first kappa shape index (κ1) is 16.8. The highest BCUT2D eigenvalue weighted by atomic mass is 79.9. The number of amides is 1. The van der Waals surface area contributed by atoms with Crippen molar-refractivity contribution in [3.05, 3.63) is 34.9 Å².